The zero-order chi connectivity index (χ0) is 19.5. The van der Waals surface area contributed by atoms with E-state index in [1.165, 1.54) is 0 Å². The first kappa shape index (κ1) is 16.9. The molecular weight excluding hydrogens is 340 g/mol. The van der Waals surface area contributed by atoms with Crippen LogP contribution in [-0.4, -0.2) is 26.2 Å². The minimum Gasteiger partial charge on any atom is -0.496 e. The highest BCUT2D eigenvalue weighted by atomic mass is 16.5. The van der Waals surface area contributed by atoms with E-state index in [-0.39, 0.29) is 0 Å². The first-order valence-electron chi connectivity index (χ1n) is 8.56. The smallest absolute Gasteiger partial charge is 0.162 e. The second-order valence-corrected chi connectivity index (χ2v) is 6.71. The van der Waals surface area contributed by atoms with Crippen LogP contribution in [0.4, 0.5) is 5.82 Å². The molecule has 136 valence electrons. The number of nitrogens with zero attached hydrogens (tertiary/aromatic N) is 5. The second-order valence-electron chi connectivity index (χ2n) is 6.71. The van der Waals surface area contributed by atoms with E-state index < -0.39 is 0 Å². The van der Waals surface area contributed by atoms with Crippen molar-refractivity contribution in [1.82, 2.24) is 19.1 Å². The number of aromatic nitrogens is 4. The predicted molar refractivity (Wildman–Crippen MR) is 105 cm³/mol. The molecule has 0 aliphatic heterocycles. The highest BCUT2D eigenvalue weighted by Gasteiger charge is 2.25. The van der Waals surface area contributed by atoms with Gasteiger partial charge in [0.1, 0.15) is 28.7 Å². The lowest BCUT2D eigenvalue weighted by Gasteiger charge is -2.17. The summed E-state index contributed by atoms with van der Waals surface area (Å²) in [5.41, 5.74) is 12.8. The molecule has 7 nitrogen and oxygen atoms in total. The fourth-order valence-corrected chi connectivity index (χ4v) is 3.83. The van der Waals surface area contributed by atoms with Crippen molar-refractivity contribution in [1.29, 1.82) is 5.26 Å². The van der Waals surface area contributed by atoms with Gasteiger partial charge in [0.2, 0.25) is 0 Å². The summed E-state index contributed by atoms with van der Waals surface area (Å²) in [7, 11) is 3.54. The summed E-state index contributed by atoms with van der Waals surface area (Å²) in [4.78, 5) is 9.20. The quantitative estimate of drug-likeness (QED) is 0.592. The first-order valence-corrected chi connectivity index (χ1v) is 8.56. The van der Waals surface area contributed by atoms with Gasteiger partial charge in [-0.15, -0.1) is 0 Å². The molecular formula is C20H20N6O. The minimum absolute atomic E-state index is 0.384. The van der Waals surface area contributed by atoms with E-state index in [1.807, 2.05) is 49.1 Å². The van der Waals surface area contributed by atoms with E-state index in [1.54, 1.807) is 13.4 Å². The van der Waals surface area contributed by atoms with Crippen molar-refractivity contribution in [3.8, 4) is 17.5 Å². The van der Waals surface area contributed by atoms with Gasteiger partial charge in [0.15, 0.2) is 5.65 Å². The molecule has 0 amide bonds. The molecule has 0 atom stereocenters. The van der Waals surface area contributed by atoms with Gasteiger partial charge in [-0.3, -0.25) is 4.57 Å². The molecule has 2 N–H and O–H groups in total. The average molecular weight is 360 g/mol. The van der Waals surface area contributed by atoms with Crippen molar-refractivity contribution >= 4 is 27.9 Å². The van der Waals surface area contributed by atoms with Crippen molar-refractivity contribution in [2.45, 2.75) is 20.8 Å². The number of methoxy groups -OCH3 is 1. The molecule has 0 radical (unpaired) electrons. The Labute approximate surface area is 156 Å². The van der Waals surface area contributed by atoms with Gasteiger partial charge in [-0.2, -0.15) is 5.26 Å². The molecule has 1 aromatic carbocycles. The van der Waals surface area contributed by atoms with Crippen LogP contribution in [0.3, 0.4) is 0 Å². The highest BCUT2D eigenvalue weighted by molar-refractivity contribution is 6.08. The minimum atomic E-state index is 0.384. The van der Waals surface area contributed by atoms with Crippen LogP contribution in [0, 0.1) is 32.1 Å². The zero-order valence-corrected chi connectivity index (χ0v) is 16.0. The van der Waals surface area contributed by atoms with Gasteiger partial charge in [0, 0.05) is 18.0 Å². The summed E-state index contributed by atoms with van der Waals surface area (Å²) in [5, 5.41) is 10.5. The fourth-order valence-electron chi connectivity index (χ4n) is 3.83. The third kappa shape index (κ3) is 2.13. The number of fused-ring (bicyclic) bond motifs is 3. The lowest BCUT2D eigenvalue weighted by molar-refractivity contribution is 0.411. The Bertz CT molecular complexity index is 1270. The topological polar surface area (TPSA) is 94.7 Å². The number of nitrogen functional groups attached to an aromatic ring is 1. The fraction of sp³-hybridized carbons (Fsp3) is 0.250. The number of anilines is 1. The van der Waals surface area contributed by atoms with Crippen LogP contribution in [0.1, 0.15) is 22.4 Å². The third-order valence-electron chi connectivity index (χ3n) is 5.11. The maximum atomic E-state index is 9.80. The molecule has 0 unspecified atom stereocenters. The number of nitrogens with two attached hydrogens (primary N) is 1. The largest absolute Gasteiger partial charge is 0.496 e. The Hall–Kier alpha value is -3.53. The SMILES string of the molecule is COc1ccc(C)c(-n2c(N)c(C#N)c3c(C)nc4c(ncn4C)c32)c1C. The van der Waals surface area contributed by atoms with E-state index in [4.69, 9.17) is 10.5 Å². The molecule has 0 aliphatic rings. The molecule has 4 aromatic rings. The summed E-state index contributed by atoms with van der Waals surface area (Å²) in [6.07, 6.45) is 1.72. The summed E-state index contributed by atoms with van der Waals surface area (Å²) in [6, 6.07) is 6.18. The Morgan fingerprint density at radius 1 is 1.22 bits per heavy atom. The van der Waals surface area contributed by atoms with Crippen LogP contribution in [0.2, 0.25) is 0 Å². The Balaban J connectivity index is 2.31. The number of rotatable bonds is 2. The van der Waals surface area contributed by atoms with Crippen LogP contribution in [-0.2, 0) is 7.05 Å². The molecule has 3 heterocycles. The molecule has 3 aromatic heterocycles. The number of benzene rings is 1. The molecule has 0 saturated heterocycles. The Kier molecular flexibility index (Phi) is 3.60. The Morgan fingerprint density at radius 3 is 2.63 bits per heavy atom. The molecule has 0 aliphatic carbocycles. The molecule has 7 heteroatoms. The standard InChI is InChI=1S/C20H20N6O/c1-10-6-7-14(27-5)11(2)17(10)26-18-15(13(8-21)19(26)22)12(3)24-20-16(18)23-9-25(20)4/h6-7,9H,22H2,1-5H3. The lowest BCUT2D eigenvalue weighted by Crippen LogP contribution is -2.06. The molecule has 4 rings (SSSR count). The predicted octanol–water partition coefficient (Wildman–Crippen LogP) is 3.30. The number of pyridine rings is 1. The van der Waals surface area contributed by atoms with E-state index >= 15 is 0 Å². The molecule has 0 spiro atoms. The Morgan fingerprint density at radius 2 is 1.96 bits per heavy atom. The van der Waals surface area contributed by atoms with Gasteiger partial charge in [-0.05, 0) is 32.4 Å². The van der Waals surface area contributed by atoms with Crippen LogP contribution in [0.25, 0.3) is 27.8 Å². The van der Waals surface area contributed by atoms with E-state index in [2.05, 4.69) is 16.0 Å². The normalized spacial score (nSPS) is 11.3. The third-order valence-corrected chi connectivity index (χ3v) is 5.11. The summed E-state index contributed by atoms with van der Waals surface area (Å²) < 4.78 is 9.30. The van der Waals surface area contributed by atoms with Crippen molar-refractivity contribution < 1.29 is 4.74 Å². The monoisotopic (exact) mass is 360 g/mol. The number of ether oxygens (including phenoxy) is 1. The van der Waals surface area contributed by atoms with Gasteiger partial charge in [-0.1, -0.05) is 6.07 Å². The van der Waals surface area contributed by atoms with Crippen molar-refractivity contribution in [2.75, 3.05) is 12.8 Å². The number of aryl methyl sites for hydroxylation is 3. The molecule has 0 saturated carbocycles. The van der Waals surface area contributed by atoms with Gasteiger partial charge in [0.25, 0.3) is 0 Å². The van der Waals surface area contributed by atoms with Crippen LogP contribution in [0.15, 0.2) is 18.5 Å². The maximum absolute atomic E-state index is 9.80. The second kappa shape index (κ2) is 5.74. The van der Waals surface area contributed by atoms with E-state index in [9.17, 15) is 5.26 Å². The van der Waals surface area contributed by atoms with Gasteiger partial charge >= 0.3 is 0 Å². The number of nitriles is 1. The summed E-state index contributed by atoms with van der Waals surface area (Å²) in [6.45, 7) is 5.90. The van der Waals surface area contributed by atoms with E-state index in [0.29, 0.717) is 16.9 Å². The lowest BCUT2D eigenvalue weighted by atomic mass is 10.1. The molecule has 27 heavy (non-hydrogen) atoms. The average Bonchev–Trinajstić information content (AvgIpc) is 3.14. The number of imidazole rings is 1. The van der Waals surface area contributed by atoms with Crippen molar-refractivity contribution in [3.63, 3.8) is 0 Å². The maximum Gasteiger partial charge on any atom is 0.162 e. The zero-order valence-electron chi connectivity index (χ0n) is 16.0. The van der Waals surface area contributed by atoms with Crippen LogP contribution in [0.5, 0.6) is 5.75 Å². The number of hydrogen-bond donors (Lipinski definition) is 1. The van der Waals surface area contributed by atoms with Crippen molar-refractivity contribution in [2.24, 2.45) is 7.05 Å². The highest BCUT2D eigenvalue weighted by Crippen LogP contribution is 2.39. The van der Waals surface area contributed by atoms with Crippen LogP contribution >= 0.6 is 0 Å². The summed E-state index contributed by atoms with van der Waals surface area (Å²) >= 11 is 0. The van der Waals surface area contributed by atoms with Crippen molar-refractivity contribution in [3.05, 3.63) is 40.8 Å². The van der Waals surface area contributed by atoms with Crippen LogP contribution < -0.4 is 10.5 Å². The number of hydrogen-bond acceptors (Lipinski definition) is 5. The van der Waals surface area contributed by atoms with Gasteiger partial charge in [-0.25, -0.2) is 9.97 Å². The van der Waals surface area contributed by atoms with Gasteiger partial charge < -0.3 is 15.0 Å². The molecule has 0 fully saturated rings. The first-order chi connectivity index (χ1) is 12.9. The van der Waals surface area contributed by atoms with E-state index in [0.717, 1.165) is 44.8 Å². The molecule has 0 bridgehead atoms. The van der Waals surface area contributed by atoms with Gasteiger partial charge in [0.05, 0.1) is 30.3 Å². The summed E-state index contributed by atoms with van der Waals surface area (Å²) in [5.74, 6) is 1.15.